The number of rotatable bonds is 1. The highest BCUT2D eigenvalue weighted by Gasteiger charge is 2.31. The molecule has 0 saturated heterocycles. The molecule has 1 aliphatic carbocycles. The van der Waals surface area contributed by atoms with Gasteiger partial charge in [-0.25, -0.2) is 9.97 Å². The first-order chi connectivity index (χ1) is 9.10. The fraction of sp³-hybridized carbons (Fsp3) is 0.750. The van der Waals surface area contributed by atoms with Crippen LogP contribution in [0.15, 0.2) is 0 Å². The number of halogens is 2. The van der Waals surface area contributed by atoms with Crippen LogP contribution in [-0.2, 0) is 5.41 Å². The second-order valence-electron chi connectivity index (χ2n) is 7.72. The Kier molecular flexibility index (Phi) is 4.70. The predicted molar refractivity (Wildman–Crippen MR) is 93.4 cm³/mol. The summed E-state index contributed by atoms with van der Waals surface area (Å²) in [5.74, 6) is 1.43. The number of hydrogen-bond acceptors (Lipinski definition) is 2. The molecule has 1 aliphatic rings. The summed E-state index contributed by atoms with van der Waals surface area (Å²) in [6.07, 6.45) is 4.84. The summed E-state index contributed by atoms with van der Waals surface area (Å²) in [4.78, 5) is 9.44. The lowest BCUT2D eigenvalue weighted by Gasteiger charge is -2.34. The largest absolute Gasteiger partial charge is 0.236 e. The summed E-state index contributed by atoms with van der Waals surface area (Å²) in [5, 5.41) is 0.616. The summed E-state index contributed by atoms with van der Waals surface area (Å²) in [6, 6.07) is 0. The summed E-state index contributed by atoms with van der Waals surface area (Å²) < 4.78 is 0.997. The maximum atomic E-state index is 6.34. The smallest absolute Gasteiger partial charge is 0.146 e. The molecule has 1 fully saturated rings. The van der Waals surface area contributed by atoms with Gasteiger partial charge in [-0.15, -0.1) is 0 Å². The molecule has 0 atom stereocenters. The average Bonchev–Trinajstić information content (AvgIpc) is 2.31. The molecule has 2 rings (SSSR count). The molecule has 0 aromatic carbocycles. The van der Waals surface area contributed by atoms with Gasteiger partial charge < -0.3 is 0 Å². The quantitative estimate of drug-likeness (QED) is 0.440. The van der Waals surface area contributed by atoms with Crippen LogP contribution in [0.1, 0.15) is 77.7 Å². The predicted octanol–water partition coefficient (Wildman–Crippen LogP) is 5.72. The molecule has 0 radical (unpaired) electrons. The van der Waals surface area contributed by atoms with E-state index in [9.17, 15) is 0 Å². The van der Waals surface area contributed by atoms with Crippen LogP contribution in [0.4, 0.5) is 0 Å². The summed E-state index contributed by atoms with van der Waals surface area (Å²) >= 11 is 8.61. The molecule has 0 bridgehead atoms. The van der Waals surface area contributed by atoms with Crippen molar-refractivity contribution in [1.29, 1.82) is 0 Å². The van der Waals surface area contributed by atoms with Crippen molar-refractivity contribution < 1.29 is 0 Å². The third-order valence-corrected chi connectivity index (χ3v) is 5.86. The average molecular weight is 407 g/mol. The van der Waals surface area contributed by atoms with E-state index in [1.807, 2.05) is 0 Å². The van der Waals surface area contributed by atoms with E-state index in [-0.39, 0.29) is 5.41 Å². The zero-order valence-electron chi connectivity index (χ0n) is 13.1. The third-order valence-electron chi connectivity index (χ3n) is 4.24. The molecule has 112 valence electrons. The molecule has 0 N–H and O–H groups in total. The van der Waals surface area contributed by atoms with Gasteiger partial charge in [-0.2, -0.15) is 0 Å². The van der Waals surface area contributed by atoms with Crippen molar-refractivity contribution >= 4 is 34.2 Å². The Labute approximate surface area is 141 Å². The molecule has 20 heavy (non-hydrogen) atoms. The minimum Gasteiger partial charge on any atom is -0.236 e. The van der Waals surface area contributed by atoms with Gasteiger partial charge in [0.05, 0.1) is 9.26 Å². The van der Waals surface area contributed by atoms with Gasteiger partial charge in [0.15, 0.2) is 0 Å². The van der Waals surface area contributed by atoms with E-state index in [1.54, 1.807) is 0 Å². The molecular formula is C16H24ClIN2. The maximum Gasteiger partial charge on any atom is 0.146 e. The van der Waals surface area contributed by atoms with Crippen molar-refractivity contribution in [3.05, 3.63) is 20.2 Å². The molecule has 4 heteroatoms. The normalized spacial score (nSPS) is 20.1. The standard InChI is InChI=1S/C16H24ClIN2/c1-15(2,3)12-11(18)13(17)20-14(19-12)10-6-8-16(4,5)9-7-10/h10H,6-9H2,1-5H3. The zero-order chi connectivity index (χ0) is 15.1. The van der Waals surface area contributed by atoms with Crippen molar-refractivity contribution in [2.45, 2.75) is 71.6 Å². The first-order valence-corrected chi connectivity index (χ1v) is 8.79. The second kappa shape index (κ2) is 5.71. The Balaban J connectivity index is 2.32. The molecular weight excluding hydrogens is 383 g/mol. The van der Waals surface area contributed by atoms with Crippen LogP contribution < -0.4 is 0 Å². The topological polar surface area (TPSA) is 25.8 Å². The van der Waals surface area contributed by atoms with E-state index in [4.69, 9.17) is 16.6 Å². The summed E-state index contributed by atoms with van der Waals surface area (Å²) in [6.45, 7) is 11.3. The molecule has 0 aliphatic heterocycles. The van der Waals surface area contributed by atoms with E-state index in [0.717, 1.165) is 15.1 Å². The molecule has 1 heterocycles. The van der Waals surface area contributed by atoms with Crippen LogP contribution >= 0.6 is 34.2 Å². The lowest BCUT2D eigenvalue weighted by Crippen LogP contribution is -2.24. The highest BCUT2D eigenvalue weighted by atomic mass is 127. The Bertz CT molecular complexity index is 496. The van der Waals surface area contributed by atoms with Gasteiger partial charge >= 0.3 is 0 Å². The first kappa shape index (κ1) is 16.5. The van der Waals surface area contributed by atoms with Gasteiger partial charge in [-0.05, 0) is 53.7 Å². The Morgan fingerprint density at radius 3 is 2.20 bits per heavy atom. The van der Waals surface area contributed by atoms with E-state index in [1.165, 1.54) is 25.7 Å². The molecule has 1 aromatic heterocycles. The maximum absolute atomic E-state index is 6.34. The van der Waals surface area contributed by atoms with Crippen molar-refractivity contribution in [3.8, 4) is 0 Å². The Morgan fingerprint density at radius 1 is 1.15 bits per heavy atom. The number of nitrogens with zero attached hydrogens (tertiary/aromatic N) is 2. The third kappa shape index (κ3) is 3.65. The first-order valence-electron chi connectivity index (χ1n) is 7.33. The van der Waals surface area contributed by atoms with Crippen LogP contribution in [0, 0.1) is 8.99 Å². The molecule has 0 unspecified atom stereocenters. The monoisotopic (exact) mass is 406 g/mol. The SMILES string of the molecule is CC1(C)CCC(c2nc(Cl)c(I)c(C(C)(C)C)n2)CC1. The lowest BCUT2D eigenvalue weighted by molar-refractivity contribution is 0.220. The van der Waals surface area contributed by atoms with Crippen LogP contribution in [-0.4, -0.2) is 9.97 Å². The highest BCUT2D eigenvalue weighted by molar-refractivity contribution is 14.1. The van der Waals surface area contributed by atoms with Crippen molar-refractivity contribution in [2.24, 2.45) is 5.41 Å². The lowest BCUT2D eigenvalue weighted by atomic mass is 9.73. The van der Waals surface area contributed by atoms with Crippen LogP contribution in [0.2, 0.25) is 5.15 Å². The summed E-state index contributed by atoms with van der Waals surface area (Å²) in [5.41, 5.74) is 1.56. The van der Waals surface area contributed by atoms with Crippen LogP contribution in [0.3, 0.4) is 0 Å². The molecule has 0 spiro atoms. The van der Waals surface area contributed by atoms with Crippen molar-refractivity contribution in [2.75, 3.05) is 0 Å². The minimum absolute atomic E-state index is 0.00574. The zero-order valence-corrected chi connectivity index (χ0v) is 16.0. The Hall–Kier alpha value is 0.1000. The van der Waals surface area contributed by atoms with Gasteiger partial charge in [0, 0.05) is 11.3 Å². The van der Waals surface area contributed by atoms with Gasteiger partial charge in [0.2, 0.25) is 0 Å². The van der Waals surface area contributed by atoms with Gasteiger partial charge in [0.25, 0.3) is 0 Å². The summed E-state index contributed by atoms with van der Waals surface area (Å²) in [7, 11) is 0. The number of hydrogen-bond donors (Lipinski definition) is 0. The van der Waals surface area contributed by atoms with E-state index in [2.05, 4.69) is 62.2 Å². The van der Waals surface area contributed by atoms with E-state index < -0.39 is 0 Å². The van der Waals surface area contributed by atoms with E-state index >= 15 is 0 Å². The number of aromatic nitrogens is 2. The van der Waals surface area contributed by atoms with Crippen molar-refractivity contribution in [3.63, 3.8) is 0 Å². The molecule has 1 saturated carbocycles. The second-order valence-corrected chi connectivity index (χ2v) is 9.16. The molecule has 2 nitrogen and oxygen atoms in total. The fourth-order valence-corrected chi connectivity index (χ4v) is 4.00. The molecule has 1 aromatic rings. The van der Waals surface area contributed by atoms with Crippen LogP contribution in [0.25, 0.3) is 0 Å². The van der Waals surface area contributed by atoms with Gasteiger partial charge in [-0.3, -0.25) is 0 Å². The van der Waals surface area contributed by atoms with Gasteiger partial charge in [0.1, 0.15) is 11.0 Å². The van der Waals surface area contributed by atoms with Crippen LogP contribution in [0.5, 0.6) is 0 Å². The fourth-order valence-electron chi connectivity index (χ4n) is 2.77. The van der Waals surface area contributed by atoms with Gasteiger partial charge in [-0.1, -0.05) is 46.2 Å². The highest BCUT2D eigenvalue weighted by Crippen LogP contribution is 2.42. The van der Waals surface area contributed by atoms with E-state index in [0.29, 0.717) is 16.5 Å². The minimum atomic E-state index is 0.00574. The molecule has 0 amide bonds. The van der Waals surface area contributed by atoms with Crippen molar-refractivity contribution in [1.82, 2.24) is 9.97 Å². The Morgan fingerprint density at radius 2 is 1.70 bits per heavy atom.